The molecule has 7 atom stereocenters. The Morgan fingerprint density at radius 3 is 2.42 bits per heavy atom. The SMILES string of the molecule is C[C@@]12CCC3[C@@H](CC[C@H]4C[C@@H](OC(=O)Cc5ccc(N(CCCl)CCCl)cc5)CC[C@]34C)[C@@H]1CCC(=O)C2. The molecule has 4 saturated carbocycles. The predicted octanol–water partition coefficient (Wildman–Crippen LogP) is 7.43. The third kappa shape index (κ3) is 5.64. The number of Topliss-reactive ketones (excluding diaryl/α,β-unsaturated/α-hetero) is 1. The highest BCUT2D eigenvalue weighted by atomic mass is 35.5. The molecule has 0 aliphatic heterocycles. The highest BCUT2D eigenvalue weighted by Gasteiger charge is 2.58. The second kappa shape index (κ2) is 11.7. The first-order chi connectivity index (χ1) is 18.3. The van der Waals surface area contributed by atoms with Crippen molar-refractivity contribution in [3.8, 4) is 0 Å². The lowest BCUT2D eigenvalue weighted by Gasteiger charge is -2.62. The summed E-state index contributed by atoms with van der Waals surface area (Å²) in [5.74, 6) is 4.37. The van der Waals surface area contributed by atoms with E-state index in [9.17, 15) is 9.59 Å². The molecule has 210 valence electrons. The van der Waals surface area contributed by atoms with Crippen LogP contribution >= 0.6 is 23.2 Å². The highest BCUT2D eigenvalue weighted by molar-refractivity contribution is 6.18. The fraction of sp³-hybridized carbons (Fsp3) is 0.750. The molecule has 5 rings (SSSR count). The molecular weight excluding hydrogens is 517 g/mol. The average molecular weight is 563 g/mol. The van der Waals surface area contributed by atoms with E-state index >= 15 is 0 Å². The summed E-state index contributed by atoms with van der Waals surface area (Å²) in [5.41, 5.74) is 2.64. The number of ether oxygens (including phenoxy) is 1. The minimum atomic E-state index is -0.112. The summed E-state index contributed by atoms with van der Waals surface area (Å²) < 4.78 is 6.07. The Morgan fingerprint density at radius 2 is 1.71 bits per heavy atom. The van der Waals surface area contributed by atoms with Crippen LogP contribution in [-0.2, 0) is 20.7 Å². The first-order valence-corrected chi connectivity index (χ1v) is 16.0. The van der Waals surface area contributed by atoms with E-state index < -0.39 is 0 Å². The molecule has 4 aliphatic carbocycles. The second-order valence-electron chi connectivity index (χ2n) is 13.2. The van der Waals surface area contributed by atoms with Crippen molar-refractivity contribution in [3.05, 3.63) is 29.8 Å². The molecule has 1 unspecified atom stereocenters. The van der Waals surface area contributed by atoms with Crippen LogP contribution in [0.4, 0.5) is 5.69 Å². The van der Waals surface area contributed by atoms with Crippen LogP contribution in [0.5, 0.6) is 0 Å². The van der Waals surface area contributed by atoms with E-state index in [-0.39, 0.29) is 17.5 Å². The number of alkyl halides is 2. The maximum absolute atomic E-state index is 12.9. The Hall–Kier alpha value is -1.26. The Balaban J connectivity index is 1.16. The first kappa shape index (κ1) is 28.3. The average Bonchev–Trinajstić information content (AvgIpc) is 2.88. The zero-order valence-electron chi connectivity index (χ0n) is 23.2. The highest BCUT2D eigenvalue weighted by Crippen LogP contribution is 2.65. The molecule has 0 spiro atoms. The van der Waals surface area contributed by atoms with Gasteiger partial charge in [0.25, 0.3) is 0 Å². The van der Waals surface area contributed by atoms with E-state index in [1.165, 1.54) is 25.7 Å². The normalized spacial score (nSPS) is 36.5. The van der Waals surface area contributed by atoms with Gasteiger partial charge in [-0.1, -0.05) is 26.0 Å². The van der Waals surface area contributed by atoms with Crippen molar-refractivity contribution < 1.29 is 14.3 Å². The van der Waals surface area contributed by atoms with Gasteiger partial charge in [0.1, 0.15) is 11.9 Å². The lowest BCUT2D eigenvalue weighted by atomic mass is 9.43. The van der Waals surface area contributed by atoms with Crippen LogP contribution in [0.25, 0.3) is 0 Å². The van der Waals surface area contributed by atoms with E-state index in [1.54, 1.807) is 0 Å². The molecule has 0 saturated heterocycles. The lowest BCUT2D eigenvalue weighted by molar-refractivity contribution is -0.165. The smallest absolute Gasteiger partial charge is 0.310 e. The number of benzene rings is 1. The zero-order valence-corrected chi connectivity index (χ0v) is 24.7. The lowest BCUT2D eigenvalue weighted by Crippen LogP contribution is -2.55. The molecule has 0 radical (unpaired) electrons. The number of nitrogens with zero attached hydrogens (tertiary/aromatic N) is 1. The molecule has 0 bridgehead atoms. The molecule has 38 heavy (non-hydrogen) atoms. The number of anilines is 1. The molecule has 0 amide bonds. The largest absolute Gasteiger partial charge is 0.462 e. The summed E-state index contributed by atoms with van der Waals surface area (Å²) in [4.78, 5) is 27.3. The third-order valence-electron chi connectivity index (χ3n) is 11.1. The number of halogens is 2. The molecule has 0 N–H and O–H groups in total. The summed E-state index contributed by atoms with van der Waals surface area (Å²) in [6.07, 6.45) is 11.2. The number of hydrogen-bond donors (Lipinski definition) is 0. The van der Waals surface area contributed by atoms with Crippen molar-refractivity contribution in [1.29, 1.82) is 0 Å². The van der Waals surface area contributed by atoms with Gasteiger partial charge < -0.3 is 9.64 Å². The van der Waals surface area contributed by atoms with Crippen molar-refractivity contribution in [2.24, 2.45) is 34.5 Å². The van der Waals surface area contributed by atoms with Gasteiger partial charge >= 0.3 is 5.97 Å². The van der Waals surface area contributed by atoms with Gasteiger partial charge in [-0.05, 0) is 104 Å². The van der Waals surface area contributed by atoms with Crippen LogP contribution in [-0.4, -0.2) is 42.7 Å². The van der Waals surface area contributed by atoms with E-state index in [1.807, 2.05) is 24.3 Å². The van der Waals surface area contributed by atoms with Crippen LogP contribution < -0.4 is 4.90 Å². The fourth-order valence-corrected chi connectivity index (χ4v) is 9.56. The Labute approximate surface area is 239 Å². The predicted molar refractivity (Wildman–Crippen MR) is 155 cm³/mol. The third-order valence-corrected chi connectivity index (χ3v) is 11.5. The van der Waals surface area contributed by atoms with Gasteiger partial charge in [0, 0.05) is 43.4 Å². The van der Waals surface area contributed by atoms with Crippen LogP contribution in [0.1, 0.15) is 83.6 Å². The van der Waals surface area contributed by atoms with Gasteiger partial charge in [0.2, 0.25) is 0 Å². The zero-order chi connectivity index (χ0) is 26.9. The van der Waals surface area contributed by atoms with Gasteiger partial charge in [-0.25, -0.2) is 0 Å². The van der Waals surface area contributed by atoms with Gasteiger partial charge in [-0.15, -0.1) is 23.2 Å². The van der Waals surface area contributed by atoms with E-state index in [2.05, 4.69) is 18.7 Å². The van der Waals surface area contributed by atoms with Gasteiger partial charge in [0.05, 0.1) is 6.42 Å². The molecular formula is C32H45Cl2NO3. The van der Waals surface area contributed by atoms with Crippen molar-refractivity contribution in [2.45, 2.75) is 90.6 Å². The Kier molecular flexibility index (Phi) is 8.70. The summed E-state index contributed by atoms with van der Waals surface area (Å²) in [5, 5.41) is 0. The molecule has 0 aromatic heterocycles. The minimum Gasteiger partial charge on any atom is -0.462 e. The number of hydrogen-bond acceptors (Lipinski definition) is 4. The number of fused-ring (bicyclic) bond motifs is 5. The second-order valence-corrected chi connectivity index (χ2v) is 14.0. The quantitative estimate of drug-likeness (QED) is 0.244. The maximum Gasteiger partial charge on any atom is 0.310 e. The van der Waals surface area contributed by atoms with Crippen molar-refractivity contribution in [2.75, 3.05) is 29.7 Å². The number of carbonyl (C=O) groups excluding carboxylic acids is 2. The van der Waals surface area contributed by atoms with Gasteiger partial charge in [0.15, 0.2) is 0 Å². The number of carbonyl (C=O) groups is 2. The molecule has 1 aromatic carbocycles. The molecule has 4 fully saturated rings. The fourth-order valence-electron chi connectivity index (χ4n) is 9.15. The number of ketones is 1. The monoisotopic (exact) mass is 561 g/mol. The molecule has 1 aromatic rings. The van der Waals surface area contributed by atoms with Crippen LogP contribution in [0.2, 0.25) is 0 Å². The van der Waals surface area contributed by atoms with E-state index in [4.69, 9.17) is 27.9 Å². The summed E-state index contributed by atoms with van der Waals surface area (Å²) in [6.45, 7) is 6.44. The summed E-state index contributed by atoms with van der Waals surface area (Å²) in [7, 11) is 0. The molecule has 4 nitrogen and oxygen atoms in total. The number of rotatable bonds is 8. The first-order valence-electron chi connectivity index (χ1n) is 14.9. The van der Waals surface area contributed by atoms with Crippen LogP contribution in [0.3, 0.4) is 0 Å². The van der Waals surface area contributed by atoms with Crippen molar-refractivity contribution in [3.63, 3.8) is 0 Å². The standard InChI is InChI=1S/C32H45Cl2NO3/c1-31-13-12-29-27(28(31)10-8-25(36)21-31)9-5-23-20-26(11-14-32(23,29)2)38-30(37)19-22-3-6-24(7-4-22)35(17-15-33)18-16-34/h3-4,6-7,23,26-29H,5,8-21H2,1-2H3/t23-,26-,27-,28-,29?,31-,32-/m0/s1. The van der Waals surface area contributed by atoms with Crippen molar-refractivity contribution in [1.82, 2.24) is 0 Å². The van der Waals surface area contributed by atoms with Gasteiger partial charge in [-0.2, -0.15) is 0 Å². The molecule has 4 aliphatic rings. The Bertz CT molecular complexity index is 993. The minimum absolute atomic E-state index is 0.0421. The van der Waals surface area contributed by atoms with E-state index in [0.717, 1.165) is 80.6 Å². The number of esters is 1. The maximum atomic E-state index is 12.9. The molecule has 6 heteroatoms. The van der Waals surface area contributed by atoms with Gasteiger partial charge in [-0.3, -0.25) is 9.59 Å². The summed E-state index contributed by atoms with van der Waals surface area (Å²) in [6, 6.07) is 8.12. The Morgan fingerprint density at radius 1 is 0.974 bits per heavy atom. The summed E-state index contributed by atoms with van der Waals surface area (Å²) >= 11 is 11.9. The topological polar surface area (TPSA) is 46.6 Å². The van der Waals surface area contributed by atoms with Crippen molar-refractivity contribution >= 4 is 40.6 Å². The van der Waals surface area contributed by atoms with Crippen LogP contribution in [0, 0.1) is 34.5 Å². The van der Waals surface area contributed by atoms with Crippen LogP contribution in [0.15, 0.2) is 24.3 Å². The molecule has 0 heterocycles. The van der Waals surface area contributed by atoms with E-state index in [0.29, 0.717) is 35.3 Å².